The van der Waals surface area contributed by atoms with Gasteiger partial charge in [0, 0.05) is 5.02 Å². The van der Waals surface area contributed by atoms with Crippen molar-refractivity contribution in [2.24, 2.45) is 0 Å². The molecule has 0 fully saturated rings. The third kappa shape index (κ3) is 4.23. The second-order valence-corrected chi connectivity index (χ2v) is 4.94. The summed E-state index contributed by atoms with van der Waals surface area (Å²) in [4.78, 5) is 22.4. The molecule has 0 unspecified atom stereocenters. The lowest BCUT2D eigenvalue weighted by atomic mass is 10.2. The van der Waals surface area contributed by atoms with E-state index in [2.05, 4.69) is 0 Å². The number of halogens is 1. The zero-order chi connectivity index (χ0) is 16.1. The van der Waals surface area contributed by atoms with Crippen molar-refractivity contribution in [3.8, 4) is 11.5 Å². The molecular formula is C16H13ClO5. The Labute approximate surface area is 132 Å². The first-order valence-corrected chi connectivity index (χ1v) is 6.76. The van der Waals surface area contributed by atoms with Crippen LogP contribution < -0.4 is 9.47 Å². The van der Waals surface area contributed by atoms with Crippen LogP contribution in [-0.2, 0) is 4.79 Å². The van der Waals surface area contributed by atoms with E-state index in [9.17, 15) is 9.59 Å². The third-order valence-electron chi connectivity index (χ3n) is 2.82. The Bertz CT molecular complexity index is 694. The third-order valence-corrected chi connectivity index (χ3v) is 3.05. The van der Waals surface area contributed by atoms with E-state index >= 15 is 0 Å². The highest BCUT2D eigenvalue weighted by Crippen LogP contribution is 2.21. The fourth-order valence-corrected chi connectivity index (χ4v) is 1.96. The smallest absolute Gasteiger partial charge is 0.349 e. The molecule has 0 aliphatic heterocycles. The Balaban J connectivity index is 1.91. The summed E-state index contributed by atoms with van der Waals surface area (Å²) >= 11 is 5.83. The molecule has 0 aliphatic rings. The Morgan fingerprint density at radius 1 is 1.14 bits per heavy atom. The lowest BCUT2D eigenvalue weighted by Crippen LogP contribution is -2.18. The predicted octanol–water partition coefficient (Wildman–Crippen LogP) is 3.33. The normalized spacial score (nSPS) is 10.1. The first-order valence-electron chi connectivity index (χ1n) is 6.38. The Kier molecular flexibility index (Phi) is 5.01. The molecule has 1 N–H and O–H groups in total. The largest absolute Gasteiger partial charge is 0.482 e. The highest BCUT2D eigenvalue weighted by molar-refractivity contribution is 6.30. The van der Waals surface area contributed by atoms with E-state index < -0.39 is 11.9 Å². The van der Waals surface area contributed by atoms with Crippen molar-refractivity contribution in [3.63, 3.8) is 0 Å². The van der Waals surface area contributed by atoms with Crippen LogP contribution in [0.25, 0.3) is 0 Å². The molecule has 0 spiro atoms. The van der Waals surface area contributed by atoms with Gasteiger partial charge in [0.1, 0.15) is 11.5 Å². The first kappa shape index (κ1) is 15.9. The zero-order valence-electron chi connectivity index (χ0n) is 11.7. The monoisotopic (exact) mass is 320 g/mol. The second-order valence-electron chi connectivity index (χ2n) is 4.50. The van der Waals surface area contributed by atoms with Crippen molar-refractivity contribution >= 4 is 23.5 Å². The molecule has 0 saturated carbocycles. The fourth-order valence-electron chi connectivity index (χ4n) is 1.74. The number of aromatic carboxylic acids is 1. The molecule has 0 amide bonds. The van der Waals surface area contributed by atoms with Crippen LogP contribution in [-0.4, -0.2) is 23.7 Å². The average molecular weight is 321 g/mol. The summed E-state index contributed by atoms with van der Waals surface area (Å²) in [5, 5.41) is 9.37. The van der Waals surface area contributed by atoms with Crippen LogP contribution in [0.5, 0.6) is 11.5 Å². The number of hydrogen-bond acceptors (Lipinski definition) is 4. The van der Waals surface area contributed by atoms with Crippen LogP contribution in [0.4, 0.5) is 0 Å². The van der Waals surface area contributed by atoms with Crippen molar-refractivity contribution in [2.75, 3.05) is 6.61 Å². The molecule has 2 rings (SSSR count). The maximum absolute atomic E-state index is 11.7. The van der Waals surface area contributed by atoms with E-state index in [0.717, 1.165) is 5.56 Å². The van der Waals surface area contributed by atoms with Gasteiger partial charge in [0.25, 0.3) is 0 Å². The molecule has 0 bridgehead atoms. The summed E-state index contributed by atoms with van der Waals surface area (Å²) in [5.41, 5.74) is 0.930. The average Bonchev–Trinajstić information content (AvgIpc) is 2.47. The van der Waals surface area contributed by atoms with Crippen molar-refractivity contribution in [3.05, 3.63) is 58.6 Å². The van der Waals surface area contributed by atoms with E-state index in [1.54, 1.807) is 18.2 Å². The van der Waals surface area contributed by atoms with Crippen LogP contribution in [0.2, 0.25) is 5.02 Å². The number of esters is 1. The molecule has 2 aromatic carbocycles. The maximum atomic E-state index is 11.7. The van der Waals surface area contributed by atoms with Crippen molar-refractivity contribution < 1.29 is 24.2 Å². The molecule has 22 heavy (non-hydrogen) atoms. The van der Waals surface area contributed by atoms with Crippen molar-refractivity contribution in [1.29, 1.82) is 0 Å². The number of carbonyl (C=O) groups excluding carboxylic acids is 1. The molecule has 0 radical (unpaired) electrons. The summed E-state index contributed by atoms with van der Waals surface area (Å²) in [6.07, 6.45) is 0. The number of rotatable bonds is 5. The molecule has 0 heterocycles. The quantitative estimate of drug-likeness (QED) is 0.675. The molecule has 2 aromatic rings. The summed E-state index contributed by atoms with van der Waals surface area (Å²) in [6, 6.07) is 10.6. The van der Waals surface area contributed by atoms with Gasteiger partial charge in [0.15, 0.2) is 6.61 Å². The van der Waals surface area contributed by atoms with Crippen LogP contribution in [0.3, 0.4) is 0 Å². The highest BCUT2D eigenvalue weighted by atomic mass is 35.5. The molecule has 0 aromatic heterocycles. The number of aryl methyl sites for hydroxylation is 1. The van der Waals surface area contributed by atoms with Crippen LogP contribution in [0, 0.1) is 6.92 Å². The van der Waals surface area contributed by atoms with Crippen LogP contribution in [0.15, 0.2) is 42.5 Å². The van der Waals surface area contributed by atoms with E-state index in [0.29, 0.717) is 10.8 Å². The minimum atomic E-state index is -1.04. The minimum absolute atomic E-state index is 0.118. The van der Waals surface area contributed by atoms with Crippen LogP contribution in [0.1, 0.15) is 15.9 Å². The first-order chi connectivity index (χ1) is 10.5. The van der Waals surface area contributed by atoms with E-state index in [-0.39, 0.29) is 17.9 Å². The van der Waals surface area contributed by atoms with Gasteiger partial charge < -0.3 is 14.6 Å². The van der Waals surface area contributed by atoms with E-state index in [4.69, 9.17) is 26.2 Å². The molecule has 114 valence electrons. The number of carboxylic acid groups (broad SMARTS) is 1. The molecule has 0 aliphatic carbocycles. The highest BCUT2D eigenvalue weighted by Gasteiger charge is 2.09. The van der Waals surface area contributed by atoms with E-state index in [1.165, 1.54) is 24.3 Å². The van der Waals surface area contributed by atoms with Gasteiger partial charge in [-0.25, -0.2) is 9.59 Å². The second kappa shape index (κ2) is 6.95. The molecular weight excluding hydrogens is 308 g/mol. The SMILES string of the molecule is Cc1cc(Cl)ccc1OCC(=O)Oc1ccc(C(=O)O)cc1. The van der Waals surface area contributed by atoms with Gasteiger partial charge >= 0.3 is 11.9 Å². The number of hydrogen-bond donors (Lipinski definition) is 1. The molecule has 0 saturated heterocycles. The van der Waals surface area contributed by atoms with Crippen molar-refractivity contribution in [1.82, 2.24) is 0 Å². The molecule has 6 heteroatoms. The lowest BCUT2D eigenvalue weighted by molar-refractivity contribution is -0.136. The van der Waals surface area contributed by atoms with Gasteiger partial charge in [0.2, 0.25) is 0 Å². The number of ether oxygens (including phenoxy) is 2. The summed E-state index contributed by atoms with van der Waals surface area (Å²) in [5.74, 6) is -0.828. The summed E-state index contributed by atoms with van der Waals surface area (Å²) in [6.45, 7) is 1.56. The zero-order valence-corrected chi connectivity index (χ0v) is 12.5. The van der Waals surface area contributed by atoms with E-state index in [1.807, 2.05) is 6.92 Å². The number of carboxylic acids is 1. The standard InChI is InChI=1S/C16H13ClO5/c1-10-8-12(17)4-7-14(10)21-9-15(18)22-13-5-2-11(3-6-13)16(19)20/h2-8H,9H2,1H3,(H,19,20). The summed E-state index contributed by atoms with van der Waals surface area (Å²) in [7, 11) is 0. The van der Waals surface area contributed by atoms with Gasteiger partial charge in [-0.1, -0.05) is 11.6 Å². The van der Waals surface area contributed by atoms with Gasteiger partial charge in [0.05, 0.1) is 5.56 Å². The Morgan fingerprint density at radius 2 is 1.82 bits per heavy atom. The predicted molar refractivity (Wildman–Crippen MR) is 80.7 cm³/mol. The Hall–Kier alpha value is -2.53. The summed E-state index contributed by atoms with van der Waals surface area (Å²) < 4.78 is 10.4. The maximum Gasteiger partial charge on any atom is 0.349 e. The fraction of sp³-hybridized carbons (Fsp3) is 0.125. The van der Waals surface area contributed by atoms with Gasteiger partial charge in [-0.3, -0.25) is 0 Å². The van der Waals surface area contributed by atoms with Gasteiger partial charge in [-0.05, 0) is 55.0 Å². The lowest BCUT2D eigenvalue weighted by Gasteiger charge is -2.09. The van der Waals surface area contributed by atoms with Gasteiger partial charge in [-0.15, -0.1) is 0 Å². The number of benzene rings is 2. The van der Waals surface area contributed by atoms with Crippen LogP contribution >= 0.6 is 11.6 Å². The molecule has 5 nitrogen and oxygen atoms in total. The Morgan fingerprint density at radius 3 is 2.41 bits per heavy atom. The topological polar surface area (TPSA) is 72.8 Å². The van der Waals surface area contributed by atoms with Gasteiger partial charge in [-0.2, -0.15) is 0 Å². The number of carbonyl (C=O) groups is 2. The molecule has 0 atom stereocenters. The minimum Gasteiger partial charge on any atom is -0.482 e. The van der Waals surface area contributed by atoms with Crippen molar-refractivity contribution in [2.45, 2.75) is 6.92 Å².